The maximum atomic E-state index is 13.5. The number of ether oxygens (including phenoxy) is 1. The largest absolute Gasteiger partial charge is 0.468 e. The Morgan fingerprint density at radius 2 is 2.04 bits per heavy atom. The number of hydrogen-bond acceptors (Lipinski definition) is 4. The van der Waals surface area contributed by atoms with Gasteiger partial charge < -0.3 is 10.1 Å². The lowest BCUT2D eigenvalue weighted by Crippen LogP contribution is -2.43. The summed E-state index contributed by atoms with van der Waals surface area (Å²) < 4.78 is 31.7. The van der Waals surface area contributed by atoms with Gasteiger partial charge in [-0.3, -0.25) is 14.5 Å². The minimum atomic E-state index is -0.621. The van der Waals surface area contributed by atoms with Crippen molar-refractivity contribution < 1.29 is 23.1 Å². The molecule has 7 heteroatoms. The Morgan fingerprint density at radius 3 is 2.70 bits per heavy atom. The number of carbonyl (C=O) groups excluding carboxylic acids is 2. The summed E-state index contributed by atoms with van der Waals surface area (Å²) in [5.41, 5.74) is -0.0404. The molecule has 1 heterocycles. The van der Waals surface area contributed by atoms with Crippen molar-refractivity contribution in [2.45, 2.75) is 25.3 Å². The van der Waals surface area contributed by atoms with Gasteiger partial charge in [-0.1, -0.05) is 6.07 Å². The maximum absolute atomic E-state index is 13.5. The van der Waals surface area contributed by atoms with Crippen LogP contribution in [0.3, 0.4) is 0 Å². The fraction of sp³-hybridized carbons (Fsp3) is 0.500. The van der Waals surface area contributed by atoms with E-state index in [1.54, 1.807) is 4.90 Å². The zero-order valence-corrected chi connectivity index (χ0v) is 13.0. The average Bonchev–Trinajstić information content (AvgIpc) is 2.97. The van der Waals surface area contributed by atoms with Crippen LogP contribution in [0.1, 0.15) is 18.4 Å². The van der Waals surface area contributed by atoms with Gasteiger partial charge in [0, 0.05) is 12.1 Å². The highest BCUT2D eigenvalue weighted by Gasteiger charge is 2.32. The highest BCUT2D eigenvalue weighted by atomic mass is 19.1. The lowest BCUT2D eigenvalue weighted by molar-refractivity contribution is -0.146. The van der Waals surface area contributed by atoms with Crippen molar-refractivity contribution in [2.75, 3.05) is 26.7 Å². The molecule has 1 unspecified atom stereocenters. The number of benzene rings is 1. The van der Waals surface area contributed by atoms with Crippen molar-refractivity contribution in [1.29, 1.82) is 0 Å². The quantitative estimate of drug-likeness (QED) is 0.800. The van der Waals surface area contributed by atoms with Gasteiger partial charge in [0.15, 0.2) is 0 Å². The first kappa shape index (κ1) is 17.3. The van der Waals surface area contributed by atoms with E-state index in [2.05, 4.69) is 5.32 Å². The molecule has 2 rings (SSSR count). The number of amides is 1. The van der Waals surface area contributed by atoms with Crippen LogP contribution in [0.4, 0.5) is 8.78 Å². The molecular formula is C16H20F2N2O3. The van der Waals surface area contributed by atoms with Gasteiger partial charge in [-0.2, -0.15) is 0 Å². The summed E-state index contributed by atoms with van der Waals surface area (Å²) >= 11 is 0. The van der Waals surface area contributed by atoms with Crippen molar-refractivity contribution in [3.8, 4) is 0 Å². The van der Waals surface area contributed by atoms with E-state index in [1.165, 1.54) is 25.3 Å². The summed E-state index contributed by atoms with van der Waals surface area (Å²) in [7, 11) is 1.32. The van der Waals surface area contributed by atoms with Crippen molar-refractivity contribution in [3.63, 3.8) is 0 Å². The van der Waals surface area contributed by atoms with E-state index < -0.39 is 17.7 Å². The zero-order chi connectivity index (χ0) is 16.8. The number of nitrogens with zero attached hydrogens (tertiary/aromatic N) is 1. The Kier molecular flexibility index (Phi) is 6.04. The number of rotatable bonds is 6. The Balaban J connectivity index is 1.80. The molecule has 1 saturated heterocycles. The summed E-state index contributed by atoms with van der Waals surface area (Å²) in [6, 6.07) is 3.28. The second kappa shape index (κ2) is 8.01. The Labute approximate surface area is 133 Å². The van der Waals surface area contributed by atoms with Crippen LogP contribution < -0.4 is 5.32 Å². The molecule has 1 atom stereocenters. The summed E-state index contributed by atoms with van der Waals surface area (Å²) in [4.78, 5) is 25.3. The molecule has 1 aromatic carbocycles. The fourth-order valence-corrected chi connectivity index (χ4v) is 2.76. The lowest BCUT2D eigenvalue weighted by Gasteiger charge is -2.21. The first-order valence-corrected chi connectivity index (χ1v) is 7.54. The molecule has 0 spiro atoms. The smallest absolute Gasteiger partial charge is 0.323 e. The van der Waals surface area contributed by atoms with Gasteiger partial charge in [-0.25, -0.2) is 8.78 Å². The summed E-state index contributed by atoms with van der Waals surface area (Å²) in [6.45, 7) is 0.849. The molecule has 1 fully saturated rings. The molecule has 126 valence electrons. The molecule has 0 aliphatic carbocycles. The van der Waals surface area contributed by atoms with Gasteiger partial charge in [0.05, 0.1) is 13.7 Å². The third-order valence-corrected chi connectivity index (χ3v) is 3.94. The van der Waals surface area contributed by atoms with Gasteiger partial charge in [-0.05, 0) is 37.9 Å². The SMILES string of the molecule is COC(=O)C1CCCN1CC(=O)NCCc1c(F)cccc1F. The van der Waals surface area contributed by atoms with Crippen LogP contribution in [0.15, 0.2) is 18.2 Å². The van der Waals surface area contributed by atoms with Gasteiger partial charge >= 0.3 is 5.97 Å². The second-order valence-electron chi connectivity index (χ2n) is 5.45. The molecular weight excluding hydrogens is 306 g/mol. The minimum absolute atomic E-state index is 0.0404. The second-order valence-corrected chi connectivity index (χ2v) is 5.45. The molecule has 0 aromatic heterocycles. The highest BCUT2D eigenvalue weighted by Crippen LogP contribution is 2.17. The standard InChI is InChI=1S/C16H20F2N2O3/c1-23-16(22)14-6-3-9-20(14)10-15(21)19-8-7-11-12(17)4-2-5-13(11)18/h2,4-5,14H,3,6-10H2,1H3,(H,19,21). The first-order chi connectivity index (χ1) is 11.0. The number of nitrogens with one attached hydrogen (secondary N) is 1. The molecule has 1 aliphatic heterocycles. The molecule has 1 N–H and O–H groups in total. The van der Waals surface area contributed by atoms with E-state index in [1.807, 2.05) is 0 Å². The summed E-state index contributed by atoms with van der Waals surface area (Å²) in [6.07, 6.45) is 1.57. The van der Waals surface area contributed by atoms with Crippen LogP contribution in [-0.2, 0) is 20.7 Å². The zero-order valence-electron chi connectivity index (χ0n) is 13.0. The molecule has 1 aliphatic rings. The Morgan fingerprint density at radius 1 is 1.35 bits per heavy atom. The molecule has 0 bridgehead atoms. The number of carbonyl (C=O) groups is 2. The third kappa shape index (κ3) is 4.48. The Bertz CT molecular complexity index is 560. The molecule has 0 radical (unpaired) electrons. The van der Waals surface area contributed by atoms with Crippen LogP contribution in [0.5, 0.6) is 0 Å². The predicted molar refractivity (Wildman–Crippen MR) is 79.7 cm³/mol. The van der Waals surface area contributed by atoms with Crippen LogP contribution in [-0.4, -0.2) is 49.6 Å². The molecule has 23 heavy (non-hydrogen) atoms. The minimum Gasteiger partial charge on any atom is -0.468 e. The predicted octanol–water partition coefficient (Wildman–Crippen LogP) is 1.26. The van der Waals surface area contributed by atoms with E-state index in [-0.39, 0.29) is 37.0 Å². The van der Waals surface area contributed by atoms with Crippen molar-refractivity contribution in [1.82, 2.24) is 10.2 Å². The lowest BCUT2D eigenvalue weighted by atomic mass is 10.1. The fourth-order valence-electron chi connectivity index (χ4n) is 2.76. The molecule has 1 aromatic rings. The van der Waals surface area contributed by atoms with Gasteiger partial charge in [0.25, 0.3) is 0 Å². The van der Waals surface area contributed by atoms with Crippen LogP contribution in [0, 0.1) is 11.6 Å². The van der Waals surface area contributed by atoms with Crippen molar-refractivity contribution in [3.05, 3.63) is 35.4 Å². The Hall–Kier alpha value is -2.02. The van der Waals surface area contributed by atoms with E-state index in [9.17, 15) is 18.4 Å². The molecule has 1 amide bonds. The van der Waals surface area contributed by atoms with Crippen LogP contribution in [0.25, 0.3) is 0 Å². The maximum Gasteiger partial charge on any atom is 0.323 e. The molecule has 5 nitrogen and oxygen atoms in total. The van der Waals surface area contributed by atoms with Crippen LogP contribution >= 0.6 is 0 Å². The third-order valence-electron chi connectivity index (χ3n) is 3.94. The van der Waals surface area contributed by atoms with E-state index >= 15 is 0 Å². The van der Waals surface area contributed by atoms with E-state index in [0.29, 0.717) is 13.0 Å². The highest BCUT2D eigenvalue weighted by molar-refractivity contribution is 5.80. The van der Waals surface area contributed by atoms with E-state index in [4.69, 9.17) is 4.74 Å². The van der Waals surface area contributed by atoms with E-state index in [0.717, 1.165) is 6.42 Å². The number of methoxy groups -OCH3 is 1. The number of hydrogen-bond donors (Lipinski definition) is 1. The van der Waals surface area contributed by atoms with Gasteiger partial charge in [-0.15, -0.1) is 0 Å². The van der Waals surface area contributed by atoms with Crippen LogP contribution in [0.2, 0.25) is 0 Å². The van der Waals surface area contributed by atoms with Crippen molar-refractivity contribution in [2.24, 2.45) is 0 Å². The topological polar surface area (TPSA) is 58.6 Å². The number of halogens is 2. The average molecular weight is 326 g/mol. The first-order valence-electron chi connectivity index (χ1n) is 7.54. The molecule has 0 saturated carbocycles. The monoisotopic (exact) mass is 326 g/mol. The number of likely N-dealkylation sites (tertiary alicyclic amines) is 1. The normalized spacial score (nSPS) is 18.0. The van der Waals surface area contributed by atoms with Gasteiger partial charge in [0.2, 0.25) is 5.91 Å². The van der Waals surface area contributed by atoms with Gasteiger partial charge in [0.1, 0.15) is 17.7 Å². The summed E-state index contributed by atoms with van der Waals surface area (Å²) in [5, 5.41) is 2.62. The van der Waals surface area contributed by atoms with Crippen molar-refractivity contribution >= 4 is 11.9 Å². The number of esters is 1. The summed E-state index contributed by atoms with van der Waals surface area (Å²) in [5.74, 6) is -1.87.